The summed E-state index contributed by atoms with van der Waals surface area (Å²) in [5.74, 6) is 0. The van der Waals surface area contributed by atoms with Crippen molar-refractivity contribution in [2.24, 2.45) is 0 Å². The number of hydrogen-bond acceptors (Lipinski definition) is 1. The van der Waals surface area contributed by atoms with Gasteiger partial charge in [0.15, 0.2) is 0 Å². The average Bonchev–Trinajstić information content (AvgIpc) is 3.32. The van der Waals surface area contributed by atoms with Crippen molar-refractivity contribution in [3.05, 3.63) is 186 Å². The van der Waals surface area contributed by atoms with Crippen LogP contribution in [0.2, 0.25) is 0 Å². The van der Waals surface area contributed by atoms with Crippen LogP contribution in [0.1, 0.15) is 74.6 Å². The molecule has 7 aromatic carbocycles. The van der Waals surface area contributed by atoms with Crippen molar-refractivity contribution in [1.29, 1.82) is 0 Å². The Balaban J connectivity index is 1.15. The second kappa shape index (κ2) is 12.7. The van der Waals surface area contributed by atoms with E-state index in [1.165, 1.54) is 105 Å². The van der Waals surface area contributed by atoms with Gasteiger partial charge in [0, 0.05) is 27.9 Å². The number of nitrogens with zero attached hydrogens (tertiary/aromatic N) is 1. The quantitative estimate of drug-likeness (QED) is 0.161. The van der Waals surface area contributed by atoms with E-state index in [1.807, 2.05) is 0 Å². The van der Waals surface area contributed by atoms with Crippen LogP contribution < -0.4 is 4.90 Å². The van der Waals surface area contributed by atoms with E-state index in [-0.39, 0.29) is 10.8 Å². The Hall–Kier alpha value is -5.40. The maximum absolute atomic E-state index is 2.45. The van der Waals surface area contributed by atoms with Gasteiger partial charge in [-0.05, 0) is 111 Å². The van der Waals surface area contributed by atoms with Crippen molar-refractivity contribution >= 4 is 27.8 Å². The summed E-state index contributed by atoms with van der Waals surface area (Å²) in [7, 11) is 0. The number of anilines is 3. The normalized spacial score (nSPS) is 15.9. The molecule has 0 aromatic heterocycles. The molecule has 7 aromatic rings. The predicted molar refractivity (Wildman–Crippen MR) is 217 cm³/mol. The molecule has 0 saturated heterocycles. The maximum Gasteiger partial charge on any atom is 0.0468 e. The van der Waals surface area contributed by atoms with E-state index in [9.17, 15) is 0 Å². The molecule has 0 unspecified atom stereocenters. The van der Waals surface area contributed by atoms with Crippen LogP contribution in [-0.2, 0) is 10.8 Å². The topological polar surface area (TPSA) is 3.24 Å². The standard InChI is InChI=1S/C50H45N/c1-49(2)47-19-11-10-18-45(47)46-35-44(30-31-48(46)49)51(42-26-22-37(23-27-42)39-21-20-36-14-8-9-15-38(36)34-39)43-28-24-41(25-29-43)50(32-12-3-4-13-33-50)40-16-6-5-7-17-40/h5-11,14-31,34-35H,3-4,12-13,32-33H2,1-2H3. The van der Waals surface area contributed by atoms with Crippen molar-refractivity contribution in [2.45, 2.75) is 63.2 Å². The fraction of sp³-hybridized carbons (Fsp3) is 0.200. The van der Waals surface area contributed by atoms with Crippen molar-refractivity contribution in [1.82, 2.24) is 0 Å². The molecule has 0 spiro atoms. The summed E-state index contributed by atoms with van der Waals surface area (Å²) >= 11 is 0. The molecular formula is C50H45N. The highest BCUT2D eigenvalue weighted by molar-refractivity contribution is 5.89. The van der Waals surface area contributed by atoms with Crippen molar-refractivity contribution in [3.8, 4) is 22.3 Å². The molecule has 9 rings (SSSR count). The number of fused-ring (bicyclic) bond motifs is 4. The summed E-state index contributed by atoms with van der Waals surface area (Å²) in [6.45, 7) is 4.71. The SMILES string of the molecule is CC1(C)c2ccccc2-c2cc(N(c3ccc(-c4ccc5ccccc5c4)cc3)c3ccc(C4(c5ccccc5)CCCCCC4)cc3)ccc21. The molecule has 0 heterocycles. The zero-order valence-corrected chi connectivity index (χ0v) is 29.8. The molecule has 0 aliphatic heterocycles. The highest BCUT2D eigenvalue weighted by Crippen LogP contribution is 2.51. The third-order valence-corrected chi connectivity index (χ3v) is 12.0. The fourth-order valence-corrected chi connectivity index (χ4v) is 9.23. The van der Waals surface area contributed by atoms with Crippen LogP contribution in [0.5, 0.6) is 0 Å². The minimum Gasteiger partial charge on any atom is -0.310 e. The average molecular weight is 660 g/mol. The molecule has 250 valence electrons. The summed E-state index contributed by atoms with van der Waals surface area (Å²) in [6, 6.07) is 61.4. The molecule has 0 N–H and O–H groups in total. The number of rotatable bonds is 6. The van der Waals surface area contributed by atoms with Gasteiger partial charge in [0.2, 0.25) is 0 Å². The first-order chi connectivity index (χ1) is 25.0. The van der Waals surface area contributed by atoms with Gasteiger partial charge in [0.05, 0.1) is 0 Å². The molecule has 1 heteroatoms. The van der Waals surface area contributed by atoms with E-state index in [4.69, 9.17) is 0 Å². The van der Waals surface area contributed by atoms with Gasteiger partial charge >= 0.3 is 0 Å². The van der Waals surface area contributed by atoms with E-state index in [2.05, 4.69) is 183 Å². The Morgan fingerprint density at radius 2 is 0.980 bits per heavy atom. The van der Waals surface area contributed by atoms with Gasteiger partial charge < -0.3 is 4.90 Å². The first-order valence-corrected chi connectivity index (χ1v) is 18.8. The Labute approximate surface area is 303 Å². The van der Waals surface area contributed by atoms with E-state index >= 15 is 0 Å². The molecule has 2 aliphatic rings. The molecule has 0 bridgehead atoms. The molecule has 1 fully saturated rings. The van der Waals surface area contributed by atoms with Gasteiger partial charge in [-0.1, -0.05) is 161 Å². The second-order valence-corrected chi connectivity index (χ2v) is 15.3. The summed E-state index contributed by atoms with van der Waals surface area (Å²) in [4.78, 5) is 2.45. The minimum absolute atomic E-state index is 0.0249. The molecule has 0 amide bonds. The zero-order valence-electron chi connectivity index (χ0n) is 29.8. The van der Waals surface area contributed by atoms with Gasteiger partial charge in [0.1, 0.15) is 0 Å². The molecule has 1 nitrogen and oxygen atoms in total. The largest absolute Gasteiger partial charge is 0.310 e. The lowest BCUT2D eigenvalue weighted by Crippen LogP contribution is -2.27. The van der Waals surface area contributed by atoms with Gasteiger partial charge in [-0.25, -0.2) is 0 Å². The van der Waals surface area contributed by atoms with E-state index in [1.54, 1.807) is 0 Å². The van der Waals surface area contributed by atoms with Crippen LogP contribution >= 0.6 is 0 Å². The molecular weight excluding hydrogens is 615 g/mol. The van der Waals surface area contributed by atoms with Crippen LogP contribution in [0.25, 0.3) is 33.0 Å². The molecule has 2 aliphatic carbocycles. The molecule has 51 heavy (non-hydrogen) atoms. The fourth-order valence-electron chi connectivity index (χ4n) is 9.23. The van der Waals surface area contributed by atoms with E-state index < -0.39 is 0 Å². The lowest BCUT2D eigenvalue weighted by molar-refractivity contribution is 0.446. The zero-order chi connectivity index (χ0) is 34.4. The third-order valence-electron chi connectivity index (χ3n) is 12.0. The Kier molecular flexibility index (Phi) is 7.88. The number of hydrogen-bond donors (Lipinski definition) is 0. The summed E-state index contributed by atoms with van der Waals surface area (Å²) in [5.41, 5.74) is 14.4. The minimum atomic E-state index is -0.0249. The summed E-state index contributed by atoms with van der Waals surface area (Å²) in [6.07, 6.45) is 7.62. The molecule has 0 atom stereocenters. The van der Waals surface area contributed by atoms with Crippen LogP contribution in [-0.4, -0.2) is 0 Å². The first kappa shape index (κ1) is 31.6. The summed E-state index contributed by atoms with van der Waals surface area (Å²) < 4.78 is 0. The second-order valence-electron chi connectivity index (χ2n) is 15.3. The van der Waals surface area contributed by atoms with Crippen LogP contribution in [0.15, 0.2) is 164 Å². The van der Waals surface area contributed by atoms with Crippen LogP contribution in [0.4, 0.5) is 17.1 Å². The van der Waals surface area contributed by atoms with Crippen molar-refractivity contribution in [2.75, 3.05) is 4.90 Å². The van der Waals surface area contributed by atoms with E-state index in [0.717, 1.165) is 5.69 Å². The Morgan fingerprint density at radius 3 is 1.73 bits per heavy atom. The van der Waals surface area contributed by atoms with Crippen molar-refractivity contribution in [3.63, 3.8) is 0 Å². The lowest BCUT2D eigenvalue weighted by atomic mass is 9.69. The van der Waals surface area contributed by atoms with Crippen LogP contribution in [0.3, 0.4) is 0 Å². The van der Waals surface area contributed by atoms with Gasteiger partial charge in [-0.15, -0.1) is 0 Å². The van der Waals surface area contributed by atoms with Gasteiger partial charge in [-0.2, -0.15) is 0 Å². The van der Waals surface area contributed by atoms with Crippen LogP contribution in [0, 0.1) is 0 Å². The lowest BCUT2D eigenvalue weighted by Gasteiger charge is -2.35. The monoisotopic (exact) mass is 659 g/mol. The third kappa shape index (κ3) is 5.47. The molecule has 1 saturated carbocycles. The first-order valence-electron chi connectivity index (χ1n) is 18.8. The highest BCUT2D eigenvalue weighted by atomic mass is 15.1. The van der Waals surface area contributed by atoms with Gasteiger partial charge in [-0.3, -0.25) is 0 Å². The predicted octanol–water partition coefficient (Wildman–Crippen LogP) is 13.9. The summed E-state index contributed by atoms with van der Waals surface area (Å²) in [5, 5.41) is 2.54. The highest BCUT2D eigenvalue weighted by Gasteiger charge is 2.36. The van der Waals surface area contributed by atoms with Gasteiger partial charge in [0.25, 0.3) is 0 Å². The number of benzene rings is 7. The van der Waals surface area contributed by atoms with Crippen molar-refractivity contribution < 1.29 is 0 Å². The van der Waals surface area contributed by atoms with E-state index in [0.29, 0.717) is 0 Å². The smallest absolute Gasteiger partial charge is 0.0468 e. The maximum atomic E-state index is 2.45. The Morgan fingerprint density at radius 1 is 0.412 bits per heavy atom. The Bertz CT molecular complexity index is 2320. The molecule has 0 radical (unpaired) electrons.